The van der Waals surface area contributed by atoms with Crippen LogP contribution in [0.2, 0.25) is 0 Å². The molecule has 1 aromatic rings. The fourth-order valence-corrected chi connectivity index (χ4v) is 4.10. The molecule has 5 heteroatoms. The van der Waals surface area contributed by atoms with E-state index in [4.69, 9.17) is 4.74 Å². The Hall–Kier alpha value is -1.10. The van der Waals surface area contributed by atoms with Gasteiger partial charge in [-0.25, -0.2) is 0 Å². The highest BCUT2D eigenvalue weighted by Crippen LogP contribution is 2.30. The third kappa shape index (κ3) is 3.54. The fraction of sp³-hybridized carbons (Fsp3) is 0.611. The molecule has 2 bridgehead atoms. The van der Waals surface area contributed by atoms with Crippen LogP contribution in [-0.2, 0) is 16.0 Å². The highest BCUT2D eigenvalue weighted by Gasteiger charge is 2.32. The molecule has 126 valence electrons. The van der Waals surface area contributed by atoms with Gasteiger partial charge in [-0.2, -0.15) is 0 Å². The summed E-state index contributed by atoms with van der Waals surface area (Å²) < 4.78 is 5.90. The molecule has 3 atom stereocenters. The fourth-order valence-electron chi connectivity index (χ4n) is 4.10. The molecular formula is C18H25ClN2O2. The smallest absolute Gasteiger partial charge is 0.225 e. The SMILES string of the molecule is Cl.O=C(CC1OCCc2ccccc21)N1CCC2CCC(C1)N2. The monoisotopic (exact) mass is 336 g/mol. The van der Waals surface area contributed by atoms with Gasteiger partial charge in [0, 0.05) is 25.2 Å². The topological polar surface area (TPSA) is 41.6 Å². The third-order valence-electron chi connectivity index (χ3n) is 5.33. The molecule has 3 aliphatic heterocycles. The lowest BCUT2D eigenvalue weighted by molar-refractivity contribution is -0.135. The van der Waals surface area contributed by atoms with Crippen LogP contribution in [0.4, 0.5) is 0 Å². The van der Waals surface area contributed by atoms with Gasteiger partial charge >= 0.3 is 0 Å². The van der Waals surface area contributed by atoms with Gasteiger partial charge in [0.1, 0.15) is 0 Å². The Bertz CT molecular complexity index is 566. The van der Waals surface area contributed by atoms with Gasteiger partial charge in [0.2, 0.25) is 5.91 Å². The first-order chi connectivity index (χ1) is 10.8. The van der Waals surface area contributed by atoms with Gasteiger partial charge < -0.3 is 15.0 Å². The third-order valence-corrected chi connectivity index (χ3v) is 5.33. The molecule has 4 rings (SSSR count). The van der Waals surface area contributed by atoms with Crippen LogP contribution in [0, 0.1) is 0 Å². The first-order valence-electron chi connectivity index (χ1n) is 8.53. The number of nitrogens with one attached hydrogen (secondary N) is 1. The van der Waals surface area contributed by atoms with Crippen molar-refractivity contribution in [3.63, 3.8) is 0 Å². The van der Waals surface area contributed by atoms with Gasteiger partial charge in [-0.3, -0.25) is 4.79 Å². The zero-order chi connectivity index (χ0) is 14.9. The van der Waals surface area contributed by atoms with Crippen molar-refractivity contribution >= 4 is 18.3 Å². The Balaban J connectivity index is 0.00000156. The number of benzene rings is 1. The van der Waals surface area contributed by atoms with E-state index in [0.717, 1.165) is 32.5 Å². The molecule has 0 spiro atoms. The molecule has 0 radical (unpaired) electrons. The second-order valence-corrected chi connectivity index (χ2v) is 6.78. The summed E-state index contributed by atoms with van der Waals surface area (Å²) in [6.45, 7) is 2.48. The molecule has 1 amide bonds. The highest BCUT2D eigenvalue weighted by molar-refractivity contribution is 5.85. The largest absolute Gasteiger partial charge is 0.373 e. The molecule has 0 aromatic heterocycles. The lowest BCUT2D eigenvalue weighted by atomic mass is 9.95. The van der Waals surface area contributed by atoms with Crippen molar-refractivity contribution in [3.8, 4) is 0 Å². The quantitative estimate of drug-likeness (QED) is 0.902. The molecule has 2 saturated heterocycles. The number of ether oxygens (including phenoxy) is 1. The van der Waals surface area contributed by atoms with Crippen LogP contribution in [0.5, 0.6) is 0 Å². The summed E-state index contributed by atoms with van der Waals surface area (Å²) in [4.78, 5) is 14.8. The van der Waals surface area contributed by atoms with E-state index in [9.17, 15) is 4.79 Å². The summed E-state index contributed by atoms with van der Waals surface area (Å²) >= 11 is 0. The van der Waals surface area contributed by atoms with Crippen LogP contribution in [0.3, 0.4) is 0 Å². The predicted octanol–water partition coefficient (Wildman–Crippen LogP) is 2.47. The summed E-state index contributed by atoms with van der Waals surface area (Å²) in [7, 11) is 0. The van der Waals surface area contributed by atoms with E-state index in [-0.39, 0.29) is 24.4 Å². The van der Waals surface area contributed by atoms with Crippen molar-refractivity contribution in [3.05, 3.63) is 35.4 Å². The van der Waals surface area contributed by atoms with Crippen LogP contribution >= 0.6 is 12.4 Å². The van der Waals surface area contributed by atoms with Crippen LogP contribution < -0.4 is 5.32 Å². The first kappa shape index (κ1) is 16.7. The van der Waals surface area contributed by atoms with Crippen LogP contribution in [0.1, 0.15) is 42.9 Å². The Morgan fingerprint density at radius 2 is 2.04 bits per heavy atom. The Morgan fingerprint density at radius 3 is 2.96 bits per heavy atom. The minimum absolute atomic E-state index is 0. The van der Waals surface area contributed by atoms with E-state index in [1.807, 2.05) is 6.07 Å². The van der Waals surface area contributed by atoms with E-state index in [1.54, 1.807) is 0 Å². The summed E-state index contributed by atoms with van der Waals surface area (Å²) in [5.74, 6) is 0.246. The van der Waals surface area contributed by atoms with Gasteiger partial charge in [-0.1, -0.05) is 24.3 Å². The van der Waals surface area contributed by atoms with Crippen LogP contribution in [-0.4, -0.2) is 42.6 Å². The summed E-state index contributed by atoms with van der Waals surface area (Å²) in [5, 5.41) is 3.63. The Kier molecular flexibility index (Phi) is 5.24. The molecule has 1 N–H and O–H groups in total. The van der Waals surface area contributed by atoms with Crippen molar-refractivity contribution in [1.29, 1.82) is 0 Å². The van der Waals surface area contributed by atoms with Gasteiger partial charge in [0.05, 0.1) is 19.1 Å². The summed E-state index contributed by atoms with van der Waals surface area (Å²) in [5.41, 5.74) is 2.54. The van der Waals surface area contributed by atoms with Crippen molar-refractivity contribution in [2.45, 2.75) is 50.3 Å². The van der Waals surface area contributed by atoms with Gasteiger partial charge in [-0.05, 0) is 36.8 Å². The number of hydrogen-bond donors (Lipinski definition) is 1. The van der Waals surface area contributed by atoms with Gasteiger partial charge in [0.25, 0.3) is 0 Å². The second kappa shape index (κ2) is 7.20. The molecule has 0 saturated carbocycles. The first-order valence-corrected chi connectivity index (χ1v) is 8.53. The average Bonchev–Trinajstić information content (AvgIpc) is 2.86. The zero-order valence-corrected chi connectivity index (χ0v) is 14.2. The molecule has 1 aromatic carbocycles. The number of hydrogen-bond acceptors (Lipinski definition) is 3. The summed E-state index contributed by atoms with van der Waals surface area (Å²) in [6, 6.07) is 9.49. The second-order valence-electron chi connectivity index (χ2n) is 6.78. The normalized spacial score (nSPS) is 29.4. The van der Waals surface area contributed by atoms with Crippen molar-refractivity contribution in [2.24, 2.45) is 0 Å². The molecule has 0 aliphatic carbocycles. The number of rotatable bonds is 2. The maximum absolute atomic E-state index is 12.7. The average molecular weight is 337 g/mol. The molecular weight excluding hydrogens is 312 g/mol. The predicted molar refractivity (Wildman–Crippen MR) is 91.8 cm³/mol. The number of carbonyl (C=O) groups is 1. The van der Waals surface area contributed by atoms with Gasteiger partial charge in [0.15, 0.2) is 0 Å². The van der Waals surface area contributed by atoms with Crippen molar-refractivity contribution in [2.75, 3.05) is 19.7 Å². The molecule has 3 aliphatic rings. The molecule has 23 heavy (non-hydrogen) atoms. The van der Waals surface area contributed by atoms with E-state index in [2.05, 4.69) is 28.4 Å². The molecule has 4 nitrogen and oxygen atoms in total. The molecule has 3 heterocycles. The number of carbonyl (C=O) groups excluding carboxylic acids is 1. The van der Waals surface area contributed by atoms with E-state index < -0.39 is 0 Å². The maximum Gasteiger partial charge on any atom is 0.225 e. The van der Waals surface area contributed by atoms with Crippen molar-refractivity contribution in [1.82, 2.24) is 10.2 Å². The minimum Gasteiger partial charge on any atom is -0.373 e. The molecule has 2 fully saturated rings. The number of likely N-dealkylation sites (tertiary alicyclic amines) is 1. The lowest BCUT2D eigenvalue weighted by Gasteiger charge is -2.29. The number of fused-ring (bicyclic) bond motifs is 3. The van der Waals surface area contributed by atoms with E-state index >= 15 is 0 Å². The van der Waals surface area contributed by atoms with Crippen molar-refractivity contribution < 1.29 is 9.53 Å². The Morgan fingerprint density at radius 1 is 1.22 bits per heavy atom. The number of amides is 1. The van der Waals surface area contributed by atoms with E-state index in [0.29, 0.717) is 18.5 Å². The van der Waals surface area contributed by atoms with Gasteiger partial charge in [-0.15, -0.1) is 12.4 Å². The maximum atomic E-state index is 12.7. The number of halogens is 1. The van der Waals surface area contributed by atoms with Crippen LogP contribution in [0.15, 0.2) is 24.3 Å². The van der Waals surface area contributed by atoms with Crippen LogP contribution in [0.25, 0.3) is 0 Å². The summed E-state index contributed by atoms with van der Waals surface area (Å²) in [6.07, 6.45) is 4.94. The number of nitrogens with zero attached hydrogens (tertiary/aromatic N) is 1. The molecule has 3 unspecified atom stereocenters. The zero-order valence-electron chi connectivity index (χ0n) is 13.4. The Labute approximate surface area is 144 Å². The lowest BCUT2D eigenvalue weighted by Crippen LogP contribution is -2.40. The minimum atomic E-state index is -0.0640. The standard InChI is InChI=1S/C18H24N2O2.ClH/c21-18(20-9-7-14-5-6-15(12-20)19-14)11-17-16-4-2-1-3-13(16)8-10-22-17;/h1-4,14-15,17,19H,5-12H2;1H. The highest BCUT2D eigenvalue weighted by atomic mass is 35.5. The van der Waals surface area contributed by atoms with E-state index in [1.165, 1.54) is 24.0 Å².